The number of aliphatic hydroxyl groups excluding tert-OH is 1. The van der Waals surface area contributed by atoms with E-state index in [-0.39, 0.29) is 13.2 Å². The number of aliphatic hydroxyl groups is 1. The van der Waals surface area contributed by atoms with Gasteiger partial charge in [0.1, 0.15) is 11.6 Å². The number of β-amino-alcohol motifs (C(OH)–C–C–N with tert-alkyl or cyclic N) is 1. The lowest BCUT2D eigenvalue weighted by molar-refractivity contribution is 0.0810. The Hall–Kier alpha value is -2.70. The molecular formula is C20H18N2O3S. The average molecular weight is 366 g/mol. The Morgan fingerprint density at radius 1 is 1.19 bits per heavy atom. The third-order valence-electron chi connectivity index (χ3n) is 4.19. The van der Waals surface area contributed by atoms with Gasteiger partial charge < -0.3 is 14.7 Å². The lowest BCUT2D eigenvalue weighted by Gasteiger charge is -2.28. The Kier molecular flexibility index (Phi) is 4.69. The fourth-order valence-corrected chi connectivity index (χ4v) is 3.91. The van der Waals surface area contributed by atoms with Crippen LogP contribution in [0.5, 0.6) is 0 Å². The maximum absolute atomic E-state index is 12.4. The molecule has 1 N–H and O–H groups in total. The van der Waals surface area contributed by atoms with E-state index < -0.39 is 12.2 Å². The van der Waals surface area contributed by atoms with Gasteiger partial charge in [-0.1, -0.05) is 42.5 Å². The van der Waals surface area contributed by atoms with Gasteiger partial charge in [-0.25, -0.2) is 9.78 Å². The maximum Gasteiger partial charge on any atom is 0.410 e. The standard InChI is InChI=1S/C20H18N2O3S/c23-16-10-15(19-21-17-8-4-5-9-18(17)26-19)11-22(12-16)20(24)25-13-14-6-2-1-3-7-14/h1-10,16,23H,11-13H2. The first-order chi connectivity index (χ1) is 12.7. The molecule has 1 unspecified atom stereocenters. The Morgan fingerprint density at radius 3 is 2.77 bits per heavy atom. The minimum Gasteiger partial charge on any atom is -0.445 e. The summed E-state index contributed by atoms with van der Waals surface area (Å²) in [6.07, 6.45) is 0.619. The predicted molar refractivity (Wildman–Crippen MR) is 102 cm³/mol. The molecule has 5 nitrogen and oxygen atoms in total. The van der Waals surface area contributed by atoms with Crippen LogP contribution in [0, 0.1) is 0 Å². The van der Waals surface area contributed by atoms with Crippen molar-refractivity contribution in [1.82, 2.24) is 9.88 Å². The molecule has 1 atom stereocenters. The SMILES string of the molecule is O=C(OCc1ccccc1)N1CC(c2nc3ccccc3s2)=CC(O)C1. The predicted octanol–water partition coefficient (Wildman–Crippen LogP) is 3.69. The normalized spacial score (nSPS) is 17.2. The van der Waals surface area contributed by atoms with E-state index in [9.17, 15) is 9.90 Å². The summed E-state index contributed by atoms with van der Waals surface area (Å²) in [6.45, 7) is 0.818. The zero-order valence-electron chi connectivity index (χ0n) is 14.0. The summed E-state index contributed by atoms with van der Waals surface area (Å²) in [6, 6.07) is 17.4. The molecule has 26 heavy (non-hydrogen) atoms. The van der Waals surface area contributed by atoms with Gasteiger partial charge in [0.2, 0.25) is 0 Å². The smallest absolute Gasteiger partial charge is 0.410 e. The number of benzene rings is 2. The van der Waals surface area contributed by atoms with Crippen molar-refractivity contribution in [3.8, 4) is 0 Å². The number of carbonyl (C=O) groups is 1. The summed E-state index contributed by atoms with van der Waals surface area (Å²) in [4.78, 5) is 18.6. The summed E-state index contributed by atoms with van der Waals surface area (Å²) in [5.74, 6) is 0. The number of fused-ring (bicyclic) bond motifs is 1. The van der Waals surface area contributed by atoms with Crippen molar-refractivity contribution in [2.24, 2.45) is 0 Å². The lowest BCUT2D eigenvalue weighted by atomic mass is 10.1. The number of hydrogen-bond acceptors (Lipinski definition) is 5. The van der Waals surface area contributed by atoms with Gasteiger partial charge in [-0.15, -0.1) is 11.3 Å². The number of ether oxygens (including phenoxy) is 1. The fourth-order valence-electron chi connectivity index (χ4n) is 2.93. The van der Waals surface area contributed by atoms with Gasteiger partial charge in [-0.3, -0.25) is 0 Å². The molecule has 1 aliphatic heterocycles. The van der Waals surface area contributed by atoms with Crippen LogP contribution in [-0.2, 0) is 11.3 Å². The first kappa shape index (κ1) is 16.8. The molecule has 4 rings (SSSR count). The van der Waals surface area contributed by atoms with Crippen molar-refractivity contribution in [1.29, 1.82) is 0 Å². The molecule has 0 saturated heterocycles. The van der Waals surface area contributed by atoms with Gasteiger partial charge >= 0.3 is 6.09 Å². The fraction of sp³-hybridized carbons (Fsp3) is 0.200. The van der Waals surface area contributed by atoms with Crippen LogP contribution in [0.2, 0.25) is 0 Å². The van der Waals surface area contributed by atoms with Crippen molar-refractivity contribution in [2.75, 3.05) is 13.1 Å². The van der Waals surface area contributed by atoms with Gasteiger partial charge in [0.15, 0.2) is 0 Å². The van der Waals surface area contributed by atoms with Crippen LogP contribution in [0.3, 0.4) is 0 Å². The lowest BCUT2D eigenvalue weighted by Crippen LogP contribution is -2.41. The topological polar surface area (TPSA) is 62.7 Å². The van der Waals surface area contributed by atoms with Gasteiger partial charge in [0, 0.05) is 5.57 Å². The van der Waals surface area contributed by atoms with Gasteiger partial charge in [0.05, 0.1) is 29.4 Å². The van der Waals surface area contributed by atoms with E-state index in [1.807, 2.05) is 54.6 Å². The number of hydrogen-bond donors (Lipinski definition) is 1. The van der Waals surface area contributed by atoms with Gasteiger partial charge in [-0.05, 0) is 23.8 Å². The first-order valence-corrected chi connectivity index (χ1v) is 9.21. The molecular weight excluding hydrogens is 348 g/mol. The third-order valence-corrected chi connectivity index (χ3v) is 5.31. The number of para-hydroxylation sites is 1. The summed E-state index contributed by atoms with van der Waals surface area (Å²) in [5, 5.41) is 11.0. The average Bonchev–Trinajstić information content (AvgIpc) is 3.11. The highest BCUT2D eigenvalue weighted by molar-refractivity contribution is 7.19. The van der Waals surface area contributed by atoms with Crippen LogP contribution >= 0.6 is 11.3 Å². The zero-order valence-corrected chi connectivity index (χ0v) is 14.9. The van der Waals surface area contributed by atoms with Crippen molar-refractivity contribution < 1.29 is 14.6 Å². The minimum absolute atomic E-state index is 0.215. The van der Waals surface area contributed by atoms with E-state index in [0.717, 1.165) is 26.4 Å². The molecule has 0 radical (unpaired) electrons. The monoisotopic (exact) mass is 366 g/mol. The number of rotatable bonds is 3. The molecule has 0 saturated carbocycles. The van der Waals surface area contributed by atoms with E-state index in [1.54, 1.807) is 17.4 Å². The first-order valence-electron chi connectivity index (χ1n) is 8.39. The van der Waals surface area contributed by atoms with Crippen molar-refractivity contribution >= 4 is 33.2 Å². The molecule has 0 aliphatic carbocycles. The highest BCUT2D eigenvalue weighted by atomic mass is 32.1. The Labute approximate surface area is 155 Å². The molecule has 3 aromatic rings. The quantitative estimate of drug-likeness (QED) is 0.768. The Bertz CT molecular complexity index is 919. The molecule has 2 heterocycles. The maximum atomic E-state index is 12.4. The van der Waals surface area contributed by atoms with E-state index in [1.165, 1.54) is 4.90 Å². The van der Waals surface area contributed by atoms with Crippen molar-refractivity contribution in [2.45, 2.75) is 12.7 Å². The van der Waals surface area contributed by atoms with Gasteiger partial charge in [-0.2, -0.15) is 0 Å². The summed E-state index contributed by atoms with van der Waals surface area (Å²) < 4.78 is 6.48. The van der Waals surface area contributed by atoms with E-state index in [0.29, 0.717) is 6.54 Å². The van der Waals surface area contributed by atoms with Crippen LogP contribution in [0.25, 0.3) is 15.8 Å². The molecule has 1 aromatic heterocycles. The van der Waals surface area contributed by atoms with Crippen LogP contribution in [0.15, 0.2) is 60.7 Å². The van der Waals surface area contributed by atoms with E-state index in [2.05, 4.69) is 4.98 Å². The summed E-state index contributed by atoms with van der Waals surface area (Å²) >= 11 is 1.56. The highest BCUT2D eigenvalue weighted by Gasteiger charge is 2.26. The Balaban J connectivity index is 1.47. The van der Waals surface area contributed by atoms with Crippen molar-refractivity contribution in [3.05, 3.63) is 71.2 Å². The molecule has 0 bridgehead atoms. The second kappa shape index (κ2) is 7.27. The number of aromatic nitrogens is 1. The zero-order chi connectivity index (χ0) is 17.9. The van der Waals surface area contributed by atoms with E-state index >= 15 is 0 Å². The van der Waals surface area contributed by atoms with Crippen LogP contribution in [0.1, 0.15) is 10.6 Å². The third kappa shape index (κ3) is 3.61. The van der Waals surface area contributed by atoms with Crippen molar-refractivity contribution in [3.63, 3.8) is 0 Å². The highest BCUT2D eigenvalue weighted by Crippen LogP contribution is 2.29. The van der Waals surface area contributed by atoms with Crippen LogP contribution in [0.4, 0.5) is 4.79 Å². The molecule has 1 amide bonds. The number of nitrogens with zero attached hydrogens (tertiary/aromatic N) is 2. The summed E-state index contributed by atoms with van der Waals surface area (Å²) in [7, 11) is 0. The second-order valence-electron chi connectivity index (χ2n) is 6.17. The molecule has 6 heteroatoms. The summed E-state index contributed by atoms with van der Waals surface area (Å²) in [5.41, 5.74) is 2.70. The molecule has 132 valence electrons. The molecule has 1 aliphatic rings. The van der Waals surface area contributed by atoms with Crippen LogP contribution in [-0.4, -0.2) is 40.3 Å². The van der Waals surface area contributed by atoms with Crippen LogP contribution < -0.4 is 0 Å². The second-order valence-corrected chi connectivity index (χ2v) is 7.20. The molecule has 0 fully saturated rings. The van der Waals surface area contributed by atoms with E-state index in [4.69, 9.17) is 4.74 Å². The van der Waals surface area contributed by atoms with Gasteiger partial charge in [0.25, 0.3) is 0 Å². The largest absolute Gasteiger partial charge is 0.445 e. The number of carbonyl (C=O) groups excluding carboxylic acids is 1. The number of amides is 1. The number of thiazole rings is 1. The molecule has 2 aromatic carbocycles. The molecule has 0 spiro atoms. The minimum atomic E-state index is -0.727. The Morgan fingerprint density at radius 2 is 1.96 bits per heavy atom.